The van der Waals surface area contributed by atoms with Gasteiger partial charge in [-0.05, 0) is 48.9 Å². The largest absolute Gasteiger partial charge is 0.495 e. The third-order valence-corrected chi connectivity index (χ3v) is 4.99. The molecule has 0 bridgehead atoms. The highest BCUT2D eigenvalue weighted by Crippen LogP contribution is 2.28. The van der Waals surface area contributed by atoms with Gasteiger partial charge in [0.15, 0.2) is 9.84 Å². The van der Waals surface area contributed by atoms with E-state index in [1.54, 1.807) is 30.3 Å². The number of amides is 2. The van der Waals surface area contributed by atoms with E-state index >= 15 is 0 Å². The Hall–Kier alpha value is -3.07. The number of nitrogens with one attached hydrogen (secondary N) is 2. The summed E-state index contributed by atoms with van der Waals surface area (Å²) in [5.74, 6) is 0.592. The summed E-state index contributed by atoms with van der Waals surface area (Å²) in [6, 6.07) is 11.1. The van der Waals surface area contributed by atoms with Gasteiger partial charge in [0.05, 0.1) is 24.3 Å². The molecule has 2 aromatic carbocycles. The molecular weight excluding hydrogens is 396 g/mol. The van der Waals surface area contributed by atoms with Crippen molar-refractivity contribution in [3.8, 4) is 11.5 Å². The van der Waals surface area contributed by atoms with Crippen molar-refractivity contribution in [3.05, 3.63) is 42.5 Å². The maximum Gasteiger partial charge on any atom is 0.224 e. The summed E-state index contributed by atoms with van der Waals surface area (Å²) in [4.78, 5) is 23.6. The van der Waals surface area contributed by atoms with Crippen LogP contribution in [0.1, 0.15) is 19.8 Å². The average molecular weight is 420 g/mol. The van der Waals surface area contributed by atoms with E-state index in [9.17, 15) is 18.0 Å². The first-order valence-electron chi connectivity index (χ1n) is 8.87. The minimum absolute atomic E-state index is 0.194. The lowest BCUT2D eigenvalue weighted by atomic mass is 10.2. The molecule has 0 saturated heterocycles. The third-order valence-electron chi connectivity index (χ3n) is 3.86. The molecule has 2 N–H and O–H groups in total. The topological polar surface area (TPSA) is 111 Å². The normalized spacial score (nSPS) is 10.9. The van der Waals surface area contributed by atoms with Crippen molar-refractivity contribution in [3.63, 3.8) is 0 Å². The molecule has 29 heavy (non-hydrogen) atoms. The van der Waals surface area contributed by atoms with Crippen LogP contribution in [0, 0.1) is 0 Å². The lowest BCUT2D eigenvalue weighted by molar-refractivity contribution is -0.116. The summed E-state index contributed by atoms with van der Waals surface area (Å²) in [5, 5.41) is 5.41. The molecular formula is C20H24N2O6S. The number of carbonyl (C=O) groups is 2. The Morgan fingerprint density at radius 3 is 2.31 bits per heavy atom. The number of sulfone groups is 1. The van der Waals surface area contributed by atoms with Crippen molar-refractivity contribution in [2.24, 2.45) is 0 Å². The van der Waals surface area contributed by atoms with Crippen LogP contribution in [0.2, 0.25) is 0 Å². The van der Waals surface area contributed by atoms with Gasteiger partial charge >= 0.3 is 0 Å². The Morgan fingerprint density at radius 1 is 1.03 bits per heavy atom. The molecule has 0 saturated carbocycles. The van der Waals surface area contributed by atoms with Crippen LogP contribution >= 0.6 is 0 Å². The van der Waals surface area contributed by atoms with Gasteiger partial charge in [-0.2, -0.15) is 0 Å². The van der Waals surface area contributed by atoms with Crippen LogP contribution in [-0.4, -0.2) is 40.2 Å². The fourth-order valence-corrected chi connectivity index (χ4v) is 3.13. The monoisotopic (exact) mass is 420 g/mol. The average Bonchev–Trinajstić information content (AvgIpc) is 2.65. The second kappa shape index (κ2) is 9.92. The lowest BCUT2D eigenvalue weighted by Gasteiger charge is -2.12. The molecule has 9 heteroatoms. The number of ether oxygens (including phenoxy) is 2. The first kappa shape index (κ1) is 22.2. The van der Waals surface area contributed by atoms with E-state index in [2.05, 4.69) is 10.6 Å². The molecule has 8 nitrogen and oxygen atoms in total. The van der Waals surface area contributed by atoms with Crippen molar-refractivity contribution in [1.29, 1.82) is 0 Å². The highest BCUT2D eigenvalue weighted by atomic mass is 32.2. The first-order chi connectivity index (χ1) is 13.7. The van der Waals surface area contributed by atoms with Crippen molar-refractivity contribution < 1.29 is 27.5 Å². The summed E-state index contributed by atoms with van der Waals surface area (Å²) in [6.07, 6.45) is 1.86. The zero-order valence-electron chi connectivity index (χ0n) is 16.5. The number of hydrogen-bond acceptors (Lipinski definition) is 6. The number of anilines is 2. The second-order valence-electron chi connectivity index (χ2n) is 6.34. The van der Waals surface area contributed by atoms with Gasteiger partial charge in [0.1, 0.15) is 11.5 Å². The summed E-state index contributed by atoms with van der Waals surface area (Å²) in [6.45, 7) is 1.70. The van der Waals surface area contributed by atoms with E-state index in [0.717, 1.165) is 6.26 Å². The number of methoxy groups -OCH3 is 1. The van der Waals surface area contributed by atoms with E-state index in [-0.39, 0.29) is 23.1 Å². The molecule has 0 spiro atoms. The highest BCUT2D eigenvalue weighted by Gasteiger charge is 2.09. The highest BCUT2D eigenvalue weighted by molar-refractivity contribution is 7.90. The molecule has 2 rings (SSSR count). The Bertz CT molecular complexity index is 971. The second-order valence-corrected chi connectivity index (χ2v) is 8.36. The molecule has 0 atom stereocenters. The van der Waals surface area contributed by atoms with E-state index in [1.807, 2.05) is 0 Å². The fraction of sp³-hybridized carbons (Fsp3) is 0.300. The molecule has 156 valence electrons. The number of rotatable bonds is 9. The maximum absolute atomic E-state index is 12.1. The Kier molecular flexibility index (Phi) is 7.60. The predicted molar refractivity (Wildman–Crippen MR) is 110 cm³/mol. The van der Waals surface area contributed by atoms with Gasteiger partial charge in [-0.3, -0.25) is 9.59 Å². The van der Waals surface area contributed by atoms with Crippen LogP contribution in [0.4, 0.5) is 11.4 Å². The van der Waals surface area contributed by atoms with Gasteiger partial charge in [-0.25, -0.2) is 8.42 Å². The smallest absolute Gasteiger partial charge is 0.224 e. The third kappa shape index (κ3) is 7.11. The first-order valence-corrected chi connectivity index (χ1v) is 10.8. The van der Waals surface area contributed by atoms with Crippen LogP contribution < -0.4 is 20.1 Å². The predicted octanol–water partition coefficient (Wildman–Crippen LogP) is 2.85. The number of hydrogen-bond donors (Lipinski definition) is 2. The van der Waals surface area contributed by atoms with Gasteiger partial charge < -0.3 is 20.1 Å². The van der Waals surface area contributed by atoms with Gasteiger partial charge in [0.2, 0.25) is 11.8 Å². The Morgan fingerprint density at radius 2 is 1.72 bits per heavy atom. The number of carbonyl (C=O) groups excluding carboxylic acids is 2. The van der Waals surface area contributed by atoms with E-state index in [0.29, 0.717) is 35.9 Å². The molecule has 0 unspecified atom stereocenters. The minimum Gasteiger partial charge on any atom is -0.495 e. The summed E-state index contributed by atoms with van der Waals surface area (Å²) >= 11 is 0. The van der Waals surface area contributed by atoms with Crippen molar-refractivity contribution >= 4 is 33.0 Å². The van der Waals surface area contributed by atoms with Crippen LogP contribution in [0.25, 0.3) is 0 Å². The SMILES string of the molecule is COc1ccc(NC(=O)CCCOc2ccc(S(C)(=O)=O)cc2)cc1NC(C)=O. The van der Waals surface area contributed by atoms with Crippen LogP contribution in [-0.2, 0) is 19.4 Å². The van der Waals surface area contributed by atoms with E-state index in [4.69, 9.17) is 9.47 Å². The zero-order valence-corrected chi connectivity index (χ0v) is 17.3. The molecule has 2 amide bonds. The quantitative estimate of drug-likeness (QED) is 0.604. The van der Waals surface area contributed by atoms with Crippen LogP contribution in [0.15, 0.2) is 47.4 Å². The van der Waals surface area contributed by atoms with Crippen molar-refractivity contribution in [2.75, 3.05) is 30.6 Å². The molecule has 0 fully saturated rings. The van der Waals surface area contributed by atoms with E-state index in [1.165, 1.54) is 26.2 Å². The van der Waals surface area contributed by atoms with Crippen molar-refractivity contribution in [2.45, 2.75) is 24.7 Å². The van der Waals surface area contributed by atoms with Crippen molar-refractivity contribution in [1.82, 2.24) is 0 Å². The molecule has 0 aliphatic carbocycles. The van der Waals surface area contributed by atoms with Gasteiger partial charge in [0.25, 0.3) is 0 Å². The number of benzene rings is 2. The molecule has 0 aromatic heterocycles. The fourth-order valence-electron chi connectivity index (χ4n) is 2.50. The van der Waals surface area contributed by atoms with E-state index < -0.39 is 9.84 Å². The lowest BCUT2D eigenvalue weighted by Crippen LogP contribution is -2.13. The minimum atomic E-state index is -3.24. The van der Waals surface area contributed by atoms with Crippen LogP contribution in [0.3, 0.4) is 0 Å². The Labute approximate surface area is 170 Å². The standard InChI is InChI=1S/C20H24N2O6S/c1-14(23)21-18-13-15(6-11-19(18)27-2)22-20(24)5-4-12-28-16-7-9-17(10-8-16)29(3,25)26/h6-11,13H,4-5,12H2,1-3H3,(H,21,23)(H,22,24). The zero-order chi connectivity index (χ0) is 21.4. The Balaban J connectivity index is 1.82. The summed E-state index contributed by atoms with van der Waals surface area (Å²) < 4.78 is 33.6. The molecule has 0 aliphatic rings. The van der Waals surface area contributed by atoms with Crippen LogP contribution in [0.5, 0.6) is 11.5 Å². The summed E-state index contributed by atoms with van der Waals surface area (Å²) in [7, 11) is -1.75. The van der Waals surface area contributed by atoms with Gasteiger partial charge in [0, 0.05) is 25.3 Å². The molecule has 0 heterocycles. The maximum atomic E-state index is 12.1. The summed E-state index contributed by atoms with van der Waals surface area (Å²) in [5.41, 5.74) is 1.01. The van der Waals surface area contributed by atoms with Gasteiger partial charge in [-0.1, -0.05) is 0 Å². The molecule has 0 aliphatic heterocycles. The van der Waals surface area contributed by atoms with Gasteiger partial charge in [-0.15, -0.1) is 0 Å². The molecule has 2 aromatic rings. The molecule has 0 radical (unpaired) electrons.